The molecule has 0 atom stereocenters. The third-order valence-electron chi connectivity index (χ3n) is 6.03. The van der Waals surface area contributed by atoms with Crippen LogP contribution < -0.4 is 10.2 Å². The van der Waals surface area contributed by atoms with Crippen LogP contribution in [0.1, 0.15) is 5.56 Å². The van der Waals surface area contributed by atoms with Crippen molar-refractivity contribution < 1.29 is 22.3 Å². The summed E-state index contributed by atoms with van der Waals surface area (Å²) in [6.07, 6.45) is -0.0317. The van der Waals surface area contributed by atoms with Gasteiger partial charge in [0, 0.05) is 35.7 Å². The van der Waals surface area contributed by atoms with Crippen molar-refractivity contribution in [3.8, 4) is 5.95 Å². The normalized spacial score (nSPS) is 14.4. The number of halogens is 4. The zero-order valence-corrected chi connectivity index (χ0v) is 19.2. The highest BCUT2D eigenvalue weighted by Crippen LogP contribution is 2.32. The molecule has 188 valence electrons. The Kier molecular flexibility index (Phi) is 5.60. The monoisotopic (exact) mass is 509 g/mol. The molecule has 1 saturated heterocycles. The molecule has 0 amide bonds. The minimum absolute atomic E-state index is 0.196. The molecule has 0 spiro atoms. The molecule has 1 aliphatic rings. The Bertz CT molecular complexity index is 1610. The number of benzene rings is 2. The first kappa shape index (κ1) is 23.1. The number of nitrogens with zero attached hydrogens (tertiary/aromatic N) is 6. The van der Waals surface area contributed by atoms with Crippen LogP contribution in [0, 0.1) is 5.82 Å². The van der Waals surface area contributed by atoms with Crippen LogP contribution in [-0.4, -0.2) is 51.0 Å². The van der Waals surface area contributed by atoms with Gasteiger partial charge in [0.1, 0.15) is 5.52 Å². The molecule has 0 saturated carbocycles. The van der Waals surface area contributed by atoms with E-state index in [4.69, 9.17) is 4.74 Å². The fourth-order valence-corrected chi connectivity index (χ4v) is 4.25. The third-order valence-corrected chi connectivity index (χ3v) is 6.03. The molecular weight excluding hydrogens is 490 g/mol. The van der Waals surface area contributed by atoms with E-state index in [1.807, 2.05) is 17.0 Å². The number of alkyl halides is 3. The van der Waals surface area contributed by atoms with E-state index in [1.54, 1.807) is 18.3 Å². The van der Waals surface area contributed by atoms with E-state index in [-0.39, 0.29) is 11.8 Å². The summed E-state index contributed by atoms with van der Waals surface area (Å²) in [6, 6.07) is 10.4. The minimum Gasteiger partial charge on any atom is -0.378 e. The number of anilines is 3. The highest BCUT2D eigenvalue weighted by molar-refractivity contribution is 6.03. The van der Waals surface area contributed by atoms with Crippen LogP contribution >= 0.6 is 0 Å². The maximum absolute atomic E-state index is 14.4. The van der Waals surface area contributed by atoms with Gasteiger partial charge in [0.15, 0.2) is 11.6 Å². The molecule has 0 unspecified atom stereocenters. The van der Waals surface area contributed by atoms with E-state index in [1.165, 1.54) is 16.9 Å². The number of nitrogens with one attached hydrogen (secondary N) is 1. The van der Waals surface area contributed by atoms with E-state index >= 15 is 0 Å². The molecule has 0 radical (unpaired) electrons. The predicted octanol–water partition coefficient (Wildman–Crippen LogP) is 5.10. The fourth-order valence-electron chi connectivity index (χ4n) is 4.25. The zero-order chi connectivity index (χ0) is 25.6. The Morgan fingerprint density at radius 3 is 2.51 bits per heavy atom. The van der Waals surface area contributed by atoms with E-state index in [2.05, 4.69) is 25.4 Å². The fraction of sp³-hybridized carbons (Fsp3) is 0.200. The van der Waals surface area contributed by atoms with Crippen LogP contribution in [-0.2, 0) is 10.9 Å². The number of hydrogen-bond donors (Lipinski definition) is 1. The molecule has 1 N–H and O–H groups in total. The molecule has 8 nitrogen and oxygen atoms in total. The van der Waals surface area contributed by atoms with Crippen LogP contribution in [0.4, 0.5) is 34.8 Å². The predicted molar refractivity (Wildman–Crippen MR) is 130 cm³/mol. The van der Waals surface area contributed by atoms with Gasteiger partial charge in [0.25, 0.3) is 5.95 Å². The van der Waals surface area contributed by atoms with Crippen molar-refractivity contribution in [2.75, 3.05) is 36.5 Å². The Balaban J connectivity index is 1.32. The van der Waals surface area contributed by atoms with Gasteiger partial charge in [-0.05, 0) is 24.3 Å². The molecule has 3 aromatic heterocycles. The lowest BCUT2D eigenvalue weighted by molar-refractivity contribution is -0.137. The van der Waals surface area contributed by atoms with Gasteiger partial charge in [-0.3, -0.25) is 4.98 Å². The number of rotatable bonds is 4. The number of hydrogen-bond acceptors (Lipinski definition) is 7. The first-order valence-electron chi connectivity index (χ1n) is 11.4. The first-order chi connectivity index (χ1) is 17.8. The summed E-state index contributed by atoms with van der Waals surface area (Å²) in [5.74, 6) is -0.105. The maximum Gasteiger partial charge on any atom is 0.416 e. The van der Waals surface area contributed by atoms with Crippen molar-refractivity contribution in [2.24, 2.45) is 0 Å². The largest absolute Gasteiger partial charge is 0.416 e. The summed E-state index contributed by atoms with van der Waals surface area (Å²) in [6.45, 7) is 2.04. The van der Waals surface area contributed by atoms with Gasteiger partial charge >= 0.3 is 6.18 Å². The molecule has 37 heavy (non-hydrogen) atoms. The average molecular weight is 509 g/mol. The van der Waals surface area contributed by atoms with Crippen LogP contribution in [0.2, 0.25) is 0 Å². The minimum atomic E-state index is -4.43. The van der Waals surface area contributed by atoms with Gasteiger partial charge in [0.05, 0.1) is 42.4 Å². The van der Waals surface area contributed by atoms with Crippen LogP contribution in [0.5, 0.6) is 0 Å². The number of pyridine rings is 1. The summed E-state index contributed by atoms with van der Waals surface area (Å²) in [5, 5.41) is 9.09. The van der Waals surface area contributed by atoms with Gasteiger partial charge < -0.3 is 15.0 Å². The lowest BCUT2D eigenvalue weighted by Gasteiger charge is -2.27. The number of fused-ring (bicyclic) bond motifs is 3. The van der Waals surface area contributed by atoms with Gasteiger partial charge in [0.2, 0.25) is 0 Å². The Labute approximate surface area is 207 Å². The number of aromatic nitrogens is 5. The molecule has 0 aliphatic carbocycles. The van der Waals surface area contributed by atoms with Crippen molar-refractivity contribution in [1.29, 1.82) is 0 Å². The third kappa shape index (κ3) is 4.51. The van der Waals surface area contributed by atoms with E-state index in [0.717, 1.165) is 29.1 Å². The number of ether oxygens (including phenoxy) is 1. The summed E-state index contributed by atoms with van der Waals surface area (Å²) in [4.78, 5) is 14.8. The lowest BCUT2D eigenvalue weighted by atomic mass is 10.1. The number of morpholine rings is 1. The molecule has 1 aliphatic heterocycles. The molecule has 4 heterocycles. The lowest BCUT2D eigenvalue weighted by Crippen LogP contribution is -2.37. The van der Waals surface area contributed by atoms with E-state index in [9.17, 15) is 17.6 Å². The second kappa shape index (κ2) is 8.96. The van der Waals surface area contributed by atoms with Crippen molar-refractivity contribution >= 4 is 39.0 Å². The Morgan fingerprint density at radius 2 is 1.70 bits per heavy atom. The van der Waals surface area contributed by atoms with E-state index in [0.29, 0.717) is 48.7 Å². The summed E-state index contributed by atoms with van der Waals surface area (Å²) in [7, 11) is 0. The summed E-state index contributed by atoms with van der Waals surface area (Å²) in [5.41, 5.74) is 1.28. The Hall–Kier alpha value is -4.32. The van der Waals surface area contributed by atoms with Crippen molar-refractivity contribution in [2.45, 2.75) is 6.18 Å². The summed E-state index contributed by atoms with van der Waals surface area (Å²) >= 11 is 0. The highest BCUT2D eigenvalue weighted by Gasteiger charge is 2.30. The molecule has 12 heteroatoms. The molecule has 2 aromatic carbocycles. The van der Waals surface area contributed by atoms with Crippen LogP contribution in [0.15, 0.2) is 61.1 Å². The second-order valence-electron chi connectivity index (χ2n) is 8.52. The van der Waals surface area contributed by atoms with Gasteiger partial charge in [-0.1, -0.05) is 18.2 Å². The second-order valence-corrected chi connectivity index (χ2v) is 8.52. The van der Waals surface area contributed by atoms with E-state index < -0.39 is 17.6 Å². The van der Waals surface area contributed by atoms with Crippen molar-refractivity contribution in [1.82, 2.24) is 24.7 Å². The van der Waals surface area contributed by atoms with Crippen molar-refractivity contribution in [3.05, 3.63) is 72.4 Å². The maximum atomic E-state index is 14.4. The van der Waals surface area contributed by atoms with Gasteiger partial charge in [-0.25, -0.2) is 14.1 Å². The summed E-state index contributed by atoms with van der Waals surface area (Å²) < 4.78 is 60.4. The highest BCUT2D eigenvalue weighted by atomic mass is 19.4. The molecule has 1 fully saturated rings. The zero-order valence-electron chi connectivity index (χ0n) is 19.2. The smallest absolute Gasteiger partial charge is 0.378 e. The SMILES string of the molecule is Fc1cnc(-n2cc3ccc4cc(Nc5cccc(C(F)(F)F)c5)cnc4c3n2)nc1N1CCOCC1. The first-order valence-corrected chi connectivity index (χ1v) is 11.4. The standard InChI is InChI=1S/C25H19F4N7O/c26-20-13-31-24(33-23(20)35-6-8-37-9-7-35)36-14-16-5-4-15-10-19(12-30-21(15)22(16)34-36)32-18-3-1-2-17(11-18)25(27,28)29/h1-5,10-14,32H,6-9H2. The quantitative estimate of drug-likeness (QED) is 0.338. The van der Waals surface area contributed by atoms with Gasteiger partial charge in [-0.2, -0.15) is 23.3 Å². The molecule has 5 aromatic rings. The molecular formula is C25H19F4N7O. The van der Waals surface area contributed by atoms with Gasteiger partial charge in [-0.15, -0.1) is 0 Å². The average Bonchev–Trinajstić information content (AvgIpc) is 3.34. The molecule has 6 rings (SSSR count). The van der Waals surface area contributed by atoms with Crippen LogP contribution in [0.3, 0.4) is 0 Å². The molecule has 0 bridgehead atoms. The topological polar surface area (TPSA) is 81.0 Å². The van der Waals surface area contributed by atoms with Crippen molar-refractivity contribution in [3.63, 3.8) is 0 Å². The van der Waals surface area contributed by atoms with Crippen LogP contribution in [0.25, 0.3) is 27.8 Å². The Morgan fingerprint density at radius 1 is 0.892 bits per heavy atom.